The number of hydrogen-bond donors (Lipinski definition) is 1. The number of aryl methyl sites for hydroxylation is 1. The number of halogens is 1. The summed E-state index contributed by atoms with van der Waals surface area (Å²) >= 11 is 6.08. The molecule has 0 fully saturated rings. The molecule has 6 heteroatoms. The predicted molar refractivity (Wildman–Crippen MR) is 87.5 cm³/mol. The van der Waals surface area contributed by atoms with E-state index < -0.39 is 0 Å². The van der Waals surface area contributed by atoms with Gasteiger partial charge in [-0.2, -0.15) is 5.10 Å². The molecule has 0 aliphatic carbocycles. The van der Waals surface area contributed by atoms with Crippen molar-refractivity contribution in [3.63, 3.8) is 0 Å². The molecule has 120 valence electrons. The first-order chi connectivity index (χ1) is 10.5. The van der Waals surface area contributed by atoms with Crippen LogP contribution < -0.4 is 14.8 Å². The largest absolute Gasteiger partial charge is 0.493 e. The molecule has 0 aliphatic rings. The maximum atomic E-state index is 6.08. The highest BCUT2D eigenvalue weighted by Gasteiger charge is 2.08. The lowest BCUT2D eigenvalue weighted by Crippen LogP contribution is -2.14. The van der Waals surface area contributed by atoms with Crippen molar-refractivity contribution in [2.45, 2.75) is 33.0 Å². The van der Waals surface area contributed by atoms with Crippen molar-refractivity contribution >= 4 is 11.6 Å². The van der Waals surface area contributed by atoms with Gasteiger partial charge in [0, 0.05) is 26.3 Å². The number of benzene rings is 1. The van der Waals surface area contributed by atoms with Gasteiger partial charge in [0.05, 0.1) is 23.9 Å². The lowest BCUT2D eigenvalue weighted by molar-refractivity contribution is 0.230. The Kier molecular flexibility index (Phi) is 5.69. The third-order valence-corrected chi connectivity index (χ3v) is 3.38. The van der Waals surface area contributed by atoms with Gasteiger partial charge in [0.1, 0.15) is 0 Å². The minimum atomic E-state index is 0.115. The summed E-state index contributed by atoms with van der Waals surface area (Å²) in [6.07, 6.45) is 1.91. The van der Waals surface area contributed by atoms with E-state index in [-0.39, 0.29) is 6.10 Å². The number of hydrogen-bond acceptors (Lipinski definition) is 4. The molecule has 1 aromatic carbocycles. The zero-order valence-electron chi connectivity index (χ0n) is 13.4. The lowest BCUT2D eigenvalue weighted by atomic mass is 10.2. The van der Waals surface area contributed by atoms with Gasteiger partial charge in [-0.15, -0.1) is 0 Å². The molecular weight excluding hydrogens is 302 g/mol. The summed E-state index contributed by atoms with van der Waals surface area (Å²) in [6.45, 7) is 5.30. The van der Waals surface area contributed by atoms with Gasteiger partial charge in [-0.05, 0) is 31.5 Å². The molecule has 1 aromatic heterocycles. The molecule has 0 atom stereocenters. The summed E-state index contributed by atoms with van der Waals surface area (Å²) in [5, 5.41) is 8.30. The molecule has 0 saturated carbocycles. The summed E-state index contributed by atoms with van der Waals surface area (Å²) in [7, 11) is 3.50. The maximum absolute atomic E-state index is 6.08. The van der Waals surface area contributed by atoms with Crippen molar-refractivity contribution in [3.8, 4) is 11.5 Å². The normalized spacial score (nSPS) is 11.0. The molecular formula is C16H22ClN3O2. The van der Waals surface area contributed by atoms with Crippen LogP contribution in [0.4, 0.5) is 0 Å². The van der Waals surface area contributed by atoms with Crippen LogP contribution in [0, 0.1) is 0 Å². The first kappa shape index (κ1) is 16.6. The minimum Gasteiger partial charge on any atom is -0.493 e. The fourth-order valence-electron chi connectivity index (χ4n) is 2.12. The van der Waals surface area contributed by atoms with Crippen LogP contribution in [-0.2, 0) is 20.1 Å². The Hall–Kier alpha value is -1.72. The molecule has 2 rings (SSSR count). The number of rotatable bonds is 7. The van der Waals surface area contributed by atoms with E-state index in [1.54, 1.807) is 18.0 Å². The molecule has 1 N–H and O–H groups in total. The van der Waals surface area contributed by atoms with Gasteiger partial charge in [0.2, 0.25) is 0 Å². The standard InChI is InChI=1S/C16H22ClN3O2/c1-11(2)22-15-6-5-12(7-16(15)21-4)8-18-9-14-13(17)10-20(3)19-14/h5-7,10-11,18H,8-9H2,1-4H3. The predicted octanol–water partition coefficient (Wildman–Crippen LogP) is 3.16. The van der Waals surface area contributed by atoms with Gasteiger partial charge in [0.15, 0.2) is 11.5 Å². The molecule has 0 saturated heterocycles. The van der Waals surface area contributed by atoms with Crippen molar-refractivity contribution < 1.29 is 9.47 Å². The van der Waals surface area contributed by atoms with Gasteiger partial charge in [-0.3, -0.25) is 4.68 Å². The summed E-state index contributed by atoms with van der Waals surface area (Å²) in [6, 6.07) is 5.93. The highest BCUT2D eigenvalue weighted by molar-refractivity contribution is 6.31. The third kappa shape index (κ3) is 4.39. The summed E-state index contributed by atoms with van der Waals surface area (Å²) in [5.74, 6) is 1.50. The van der Waals surface area contributed by atoms with E-state index in [2.05, 4.69) is 10.4 Å². The second kappa shape index (κ2) is 7.51. The van der Waals surface area contributed by atoms with Crippen molar-refractivity contribution in [3.05, 3.63) is 40.7 Å². The molecule has 22 heavy (non-hydrogen) atoms. The number of nitrogens with one attached hydrogen (secondary N) is 1. The van der Waals surface area contributed by atoms with Crippen LogP contribution in [0.3, 0.4) is 0 Å². The SMILES string of the molecule is COc1cc(CNCc2nn(C)cc2Cl)ccc1OC(C)C. The highest BCUT2D eigenvalue weighted by atomic mass is 35.5. The Balaban J connectivity index is 1.96. The smallest absolute Gasteiger partial charge is 0.161 e. The monoisotopic (exact) mass is 323 g/mol. The van der Waals surface area contributed by atoms with E-state index in [1.165, 1.54) is 0 Å². The fraction of sp³-hybridized carbons (Fsp3) is 0.438. The van der Waals surface area contributed by atoms with Crippen molar-refractivity contribution in [2.24, 2.45) is 7.05 Å². The minimum absolute atomic E-state index is 0.115. The second-order valence-electron chi connectivity index (χ2n) is 5.35. The number of aromatic nitrogens is 2. The lowest BCUT2D eigenvalue weighted by Gasteiger charge is -2.14. The topological polar surface area (TPSA) is 48.3 Å². The Labute approximate surface area is 136 Å². The summed E-state index contributed by atoms with van der Waals surface area (Å²) in [4.78, 5) is 0. The van der Waals surface area contributed by atoms with Gasteiger partial charge in [-0.25, -0.2) is 0 Å². The van der Waals surface area contributed by atoms with Crippen molar-refractivity contribution in [2.75, 3.05) is 7.11 Å². The highest BCUT2D eigenvalue weighted by Crippen LogP contribution is 2.29. The molecule has 0 amide bonds. The van der Waals surface area contributed by atoms with E-state index in [0.29, 0.717) is 18.1 Å². The quantitative estimate of drug-likeness (QED) is 0.850. The molecule has 0 bridgehead atoms. The Bertz CT molecular complexity index is 626. The summed E-state index contributed by atoms with van der Waals surface area (Å²) in [5.41, 5.74) is 1.95. The van der Waals surface area contributed by atoms with Crippen LogP contribution >= 0.6 is 11.6 Å². The van der Waals surface area contributed by atoms with Crippen LogP contribution in [0.2, 0.25) is 5.02 Å². The Morgan fingerprint density at radius 1 is 1.27 bits per heavy atom. The second-order valence-corrected chi connectivity index (χ2v) is 5.76. The Morgan fingerprint density at radius 2 is 2.05 bits per heavy atom. The van der Waals surface area contributed by atoms with E-state index in [9.17, 15) is 0 Å². The maximum Gasteiger partial charge on any atom is 0.161 e. The van der Waals surface area contributed by atoms with E-state index in [1.807, 2.05) is 39.1 Å². The average Bonchev–Trinajstić information content (AvgIpc) is 2.78. The van der Waals surface area contributed by atoms with Crippen LogP contribution in [0.15, 0.2) is 24.4 Å². The molecule has 0 unspecified atom stereocenters. The number of nitrogens with zero attached hydrogens (tertiary/aromatic N) is 2. The molecule has 2 aromatic rings. The van der Waals surface area contributed by atoms with Crippen molar-refractivity contribution in [1.82, 2.24) is 15.1 Å². The zero-order valence-corrected chi connectivity index (χ0v) is 14.1. The van der Waals surface area contributed by atoms with E-state index in [0.717, 1.165) is 22.8 Å². The van der Waals surface area contributed by atoms with Crippen LogP contribution in [-0.4, -0.2) is 23.0 Å². The molecule has 0 spiro atoms. The third-order valence-electron chi connectivity index (χ3n) is 3.07. The molecule has 1 heterocycles. The van der Waals surface area contributed by atoms with Crippen LogP contribution in [0.1, 0.15) is 25.1 Å². The molecule has 0 aliphatic heterocycles. The summed E-state index contributed by atoms with van der Waals surface area (Å²) < 4.78 is 12.8. The van der Waals surface area contributed by atoms with Crippen molar-refractivity contribution in [1.29, 1.82) is 0 Å². The van der Waals surface area contributed by atoms with E-state index >= 15 is 0 Å². The molecule has 0 radical (unpaired) electrons. The zero-order chi connectivity index (χ0) is 16.1. The van der Waals surface area contributed by atoms with Gasteiger partial charge in [-0.1, -0.05) is 17.7 Å². The van der Waals surface area contributed by atoms with E-state index in [4.69, 9.17) is 21.1 Å². The average molecular weight is 324 g/mol. The van der Waals surface area contributed by atoms with Gasteiger partial charge in [0.25, 0.3) is 0 Å². The van der Waals surface area contributed by atoms with Crippen LogP contribution in [0.25, 0.3) is 0 Å². The molecule has 5 nitrogen and oxygen atoms in total. The first-order valence-electron chi connectivity index (χ1n) is 7.22. The fourth-order valence-corrected chi connectivity index (χ4v) is 2.37. The van der Waals surface area contributed by atoms with Crippen LogP contribution in [0.5, 0.6) is 11.5 Å². The number of methoxy groups -OCH3 is 1. The Morgan fingerprint density at radius 3 is 2.64 bits per heavy atom. The number of ether oxygens (including phenoxy) is 2. The van der Waals surface area contributed by atoms with Gasteiger partial charge >= 0.3 is 0 Å². The first-order valence-corrected chi connectivity index (χ1v) is 7.59. The van der Waals surface area contributed by atoms with Gasteiger partial charge < -0.3 is 14.8 Å².